The van der Waals surface area contributed by atoms with E-state index in [1.807, 2.05) is 0 Å². The fourth-order valence-corrected chi connectivity index (χ4v) is 5.86. The predicted octanol–water partition coefficient (Wildman–Crippen LogP) is 2.70. The van der Waals surface area contributed by atoms with Crippen LogP contribution >= 0.6 is 0 Å². The average Bonchev–Trinajstić information content (AvgIpc) is 2.99. The highest BCUT2D eigenvalue weighted by atomic mass is 32.2. The molecular formula is C21H30N2O5S. The Morgan fingerprint density at radius 1 is 0.931 bits per heavy atom. The number of benzene rings is 1. The van der Waals surface area contributed by atoms with Crippen LogP contribution in [0.4, 0.5) is 0 Å². The van der Waals surface area contributed by atoms with E-state index in [1.54, 1.807) is 18.2 Å². The molecule has 1 aromatic rings. The fourth-order valence-electron chi connectivity index (χ4n) is 4.38. The van der Waals surface area contributed by atoms with Crippen molar-refractivity contribution < 1.29 is 22.7 Å². The van der Waals surface area contributed by atoms with Gasteiger partial charge in [0.2, 0.25) is 15.9 Å². The molecule has 2 aliphatic heterocycles. The standard InChI is InChI=1S/C21H30N2O5S/c24-21(22-17-5-2-1-3-6-17)16-9-11-23(12-10-16)29(25,26)18-7-8-19-20(15-18)28-14-4-13-27-19/h7-8,15-17H,1-6,9-14H2,(H,22,24). The topological polar surface area (TPSA) is 84.9 Å². The molecule has 1 saturated heterocycles. The number of rotatable bonds is 4. The van der Waals surface area contributed by atoms with E-state index >= 15 is 0 Å². The molecule has 2 heterocycles. The summed E-state index contributed by atoms with van der Waals surface area (Å²) in [5, 5.41) is 3.18. The van der Waals surface area contributed by atoms with E-state index in [4.69, 9.17) is 9.47 Å². The van der Waals surface area contributed by atoms with Gasteiger partial charge in [-0.15, -0.1) is 0 Å². The van der Waals surface area contributed by atoms with Crippen molar-refractivity contribution in [3.05, 3.63) is 18.2 Å². The molecule has 0 unspecified atom stereocenters. The lowest BCUT2D eigenvalue weighted by molar-refractivity contribution is -0.127. The van der Waals surface area contributed by atoms with E-state index in [0.717, 1.165) is 19.3 Å². The number of fused-ring (bicyclic) bond motifs is 1. The van der Waals surface area contributed by atoms with E-state index in [2.05, 4.69) is 5.32 Å². The summed E-state index contributed by atoms with van der Waals surface area (Å²) >= 11 is 0. The first-order valence-corrected chi connectivity index (χ1v) is 12.2. The number of carbonyl (C=O) groups excluding carboxylic acids is 1. The minimum Gasteiger partial charge on any atom is -0.490 e. The van der Waals surface area contributed by atoms with E-state index < -0.39 is 10.0 Å². The van der Waals surface area contributed by atoms with Gasteiger partial charge in [0.05, 0.1) is 18.1 Å². The fraction of sp³-hybridized carbons (Fsp3) is 0.667. The maximum atomic E-state index is 13.1. The van der Waals surface area contributed by atoms with Crippen LogP contribution in [0, 0.1) is 5.92 Å². The van der Waals surface area contributed by atoms with Crippen molar-refractivity contribution in [3.8, 4) is 11.5 Å². The largest absolute Gasteiger partial charge is 0.490 e. The molecule has 8 heteroatoms. The van der Waals surface area contributed by atoms with Gasteiger partial charge in [0, 0.05) is 37.5 Å². The normalized spacial score (nSPS) is 22.1. The third kappa shape index (κ3) is 4.69. The summed E-state index contributed by atoms with van der Waals surface area (Å²) < 4.78 is 38.9. The minimum absolute atomic E-state index is 0.0875. The highest BCUT2D eigenvalue weighted by Crippen LogP contribution is 2.34. The summed E-state index contributed by atoms with van der Waals surface area (Å²) in [5.41, 5.74) is 0. The summed E-state index contributed by atoms with van der Waals surface area (Å²) in [7, 11) is -3.62. The quantitative estimate of drug-likeness (QED) is 0.806. The number of piperidine rings is 1. The van der Waals surface area contributed by atoms with Crippen molar-refractivity contribution in [2.24, 2.45) is 5.92 Å². The Hall–Kier alpha value is -1.80. The van der Waals surface area contributed by atoms with Gasteiger partial charge in [-0.3, -0.25) is 4.79 Å². The smallest absolute Gasteiger partial charge is 0.243 e. The molecule has 1 aromatic carbocycles. The molecule has 1 N–H and O–H groups in total. The SMILES string of the molecule is O=C(NC1CCCCC1)C1CCN(S(=O)(=O)c2ccc3c(c2)OCCCO3)CC1. The molecule has 0 aromatic heterocycles. The molecule has 160 valence electrons. The molecule has 4 rings (SSSR count). The van der Waals surface area contributed by atoms with E-state index in [0.29, 0.717) is 56.7 Å². The van der Waals surface area contributed by atoms with Crippen LogP contribution in [-0.4, -0.2) is 51.0 Å². The van der Waals surface area contributed by atoms with Crippen LogP contribution in [0.1, 0.15) is 51.4 Å². The first-order chi connectivity index (χ1) is 14.0. The number of nitrogens with one attached hydrogen (secondary N) is 1. The molecule has 1 saturated carbocycles. The molecule has 2 fully saturated rings. The second kappa shape index (κ2) is 8.92. The minimum atomic E-state index is -3.62. The van der Waals surface area contributed by atoms with Crippen LogP contribution < -0.4 is 14.8 Å². The van der Waals surface area contributed by atoms with Crippen LogP contribution in [0.5, 0.6) is 11.5 Å². The van der Waals surface area contributed by atoms with Gasteiger partial charge in [-0.25, -0.2) is 8.42 Å². The second-order valence-corrected chi connectivity index (χ2v) is 10.1. The third-order valence-electron chi connectivity index (χ3n) is 6.13. The summed E-state index contributed by atoms with van der Waals surface area (Å²) in [4.78, 5) is 12.8. The molecule has 0 radical (unpaired) electrons. The maximum Gasteiger partial charge on any atom is 0.243 e. The Morgan fingerprint density at radius 2 is 1.62 bits per heavy atom. The lowest BCUT2D eigenvalue weighted by atomic mass is 9.93. The van der Waals surface area contributed by atoms with Crippen LogP contribution in [-0.2, 0) is 14.8 Å². The third-order valence-corrected chi connectivity index (χ3v) is 8.03. The summed E-state index contributed by atoms with van der Waals surface area (Å²) in [6.07, 6.45) is 7.61. The number of nitrogens with zero attached hydrogens (tertiary/aromatic N) is 1. The Balaban J connectivity index is 1.37. The molecule has 29 heavy (non-hydrogen) atoms. The number of amides is 1. The monoisotopic (exact) mass is 422 g/mol. The summed E-state index contributed by atoms with van der Waals surface area (Å²) in [6.45, 7) is 1.80. The van der Waals surface area contributed by atoms with Gasteiger partial charge < -0.3 is 14.8 Å². The van der Waals surface area contributed by atoms with Crippen LogP contribution in [0.2, 0.25) is 0 Å². The van der Waals surface area contributed by atoms with Crippen molar-refractivity contribution >= 4 is 15.9 Å². The van der Waals surface area contributed by atoms with Gasteiger partial charge in [-0.2, -0.15) is 4.31 Å². The summed E-state index contributed by atoms with van der Waals surface area (Å²) in [5.74, 6) is 1.04. The van der Waals surface area contributed by atoms with Crippen molar-refractivity contribution in [1.29, 1.82) is 0 Å². The number of ether oxygens (including phenoxy) is 2. The molecule has 1 aliphatic carbocycles. The maximum absolute atomic E-state index is 13.1. The highest BCUT2D eigenvalue weighted by molar-refractivity contribution is 7.89. The zero-order valence-corrected chi connectivity index (χ0v) is 17.6. The van der Waals surface area contributed by atoms with Gasteiger partial charge in [-0.05, 0) is 37.8 Å². The van der Waals surface area contributed by atoms with E-state index in [9.17, 15) is 13.2 Å². The molecule has 0 bridgehead atoms. The van der Waals surface area contributed by atoms with Gasteiger partial charge in [0.1, 0.15) is 0 Å². The molecule has 0 spiro atoms. The first-order valence-electron chi connectivity index (χ1n) is 10.7. The molecule has 3 aliphatic rings. The van der Waals surface area contributed by atoms with Crippen molar-refractivity contribution in [3.63, 3.8) is 0 Å². The Kier molecular flexibility index (Phi) is 6.29. The molecule has 0 atom stereocenters. The number of sulfonamides is 1. The van der Waals surface area contributed by atoms with Gasteiger partial charge >= 0.3 is 0 Å². The first kappa shape index (κ1) is 20.5. The van der Waals surface area contributed by atoms with E-state index in [1.165, 1.54) is 23.6 Å². The van der Waals surface area contributed by atoms with Crippen LogP contribution in [0.15, 0.2) is 23.1 Å². The number of carbonyl (C=O) groups is 1. The number of hydrogen-bond donors (Lipinski definition) is 1. The molecule has 1 amide bonds. The van der Waals surface area contributed by atoms with Crippen LogP contribution in [0.3, 0.4) is 0 Å². The lowest BCUT2D eigenvalue weighted by Gasteiger charge is -2.32. The predicted molar refractivity (Wildman–Crippen MR) is 109 cm³/mol. The van der Waals surface area contributed by atoms with Gasteiger partial charge in [-0.1, -0.05) is 19.3 Å². The van der Waals surface area contributed by atoms with Gasteiger partial charge in [0.25, 0.3) is 0 Å². The zero-order chi connectivity index (χ0) is 20.3. The van der Waals surface area contributed by atoms with E-state index in [-0.39, 0.29) is 16.7 Å². The Morgan fingerprint density at radius 3 is 2.34 bits per heavy atom. The van der Waals surface area contributed by atoms with Crippen molar-refractivity contribution in [2.75, 3.05) is 26.3 Å². The van der Waals surface area contributed by atoms with Crippen LogP contribution in [0.25, 0.3) is 0 Å². The summed E-state index contributed by atoms with van der Waals surface area (Å²) in [6, 6.07) is 5.08. The average molecular weight is 423 g/mol. The van der Waals surface area contributed by atoms with Gasteiger partial charge in [0.15, 0.2) is 11.5 Å². The van der Waals surface area contributed by atoms with Crippen molar-refractivity contribution in [1.82, 2.24) is 9.62 Å². The molecular weight excluding hydrogens is 392 g/mol. The molecule has 7 nitrogen and oxygen atoms in total. The lowest BCUT2D eigenvalue weighted by Crippen LogP contribution is -2.45. The highest BCUT2D eigenvalue weighted by Gasteiger charge is 2.33. The van der Waals surface area contributed by atoms with Crippen molar-refractivity contribution in [2.45, 2.75) is 62.3 Å². The number of hydrogen-bond acceptors (Lipinski definition) is 5. The zero-order valence-electron chi connectivity index (χ0n) is 16.8. The second-order valence-electron chi connectivity index (χ2n) is 8.18. The Bertz CT molecular complexity index is 827. The Labute approximate surface area is 172 Å².